The van der Waals surface area contributed by atoms with Crippen LogP contribution in [0.4, 0.5) is 5.69 Å². The largest absolute Gasteiger partial charge is 0.508 e. The average molecular weight is 192 g/mol. The third kappa shape index (κ3) is 1.99. The molecule has 0 heterocycles. The van der Waals surface area contributed by atoms with Crippen molar-refractivity contribution in [1.82, 2.24) is 0 Å². The van der Waals surface area contributed by atoms with Gasteiger partial charge in [-0.25, -0.2) is 0 Å². The van der Waals surface area contributed by atoms with Gasteiger partial charge < -0.3 is 16.6 Å². The van der Waals surface area contributed by atoms with Gasteiger partial charge in [-0.05, 0) is 18.4 Å². The highest BCUT2D eigenvalue weighted by molar-refractivity contribution is 5.48. The van der Waals surface area contributed by atoms with Crippen LogP contribution in [-0.2, 0) is 0 Å². The summed E-state index contributed by atoms with van der Waals surface area (Å²) in [5.74, 6) is 0.986. The van der Waals surface area contributed by atoms with Crippen LogP contribution in [0.5, 0.6) is 5.75 Å². The van der Waals surface area contributed by atoms with E-state index in [1.807, 2.05) is 6.07 Å². The molecular weight excluding hydrogens is 176 g/mol. The molecule has 1 aliphatic carbocycles. The van der Waals surface area contributed by atoms with E-state index in [-0.39, 0.29) is 11.8 Å². The van der Waals surface area contributed by atoms with Crippen molar-refractivity contribution in [3.8, 4) is 5.75 Å². The summed E-state index contributed by atoms with van der Waals surface area (Å²) in [4.78, 5) is 0. The number of rotatable bonds is 3. The van der Waals surface area contributed by atoms with Gasteiger partial charge in [0, 0.05) is 23.4 Å². The van der Waals surface area contributed by atoms with Crippen molar-refractivity contribution in [2.75, 3.05) is 5.73 Å². The lowest BCUT2D eigenvalue weighted by atomic mass is 10.0. The molecule has 3 nitrogen and oxygen atoms in total. The van der Waals surface area contributed by atoms with Crippen LogP contribution in [0.15, 0.2) is 18.2 Å². The fourth-order valence-electron chi connectivity index (χ4n) is 1.71. The van der Waals surface area contributed by atoms with Crippen LogP contribution in [0.2, 0.25) is 0 Å². The number of hydrogen-bond acceptors (Lipinski definition) is 3. The highest BCUT2D eigenvalue weighted by Gasteiger charge is 2.25. The molecule has 0 bridgehead atoms. The molecule has 0 spiro atoms. The van der Waals surface area contributed by atoms with Crippen molar-refractivity contribution in [2.24, 2.45) is 11.7 Å². The molecule has 2 rings (SSSR count). The molecule has 0 saturated heterocycles. The topological polar surface area (TPSA) is 72.3 Å². The van der Waals surface area contributed by atoms with Gasteiger partial charge in [0.2, 0.25) is 0 Å². The maximum atomic E-state index is 9.64. The number of nitrogens with two attached hydrogens (primary N) is 2. The second-order valence-electron chi connectivity index (χ2n) is 4.10. The Kier molecular flexibility index (Phi) is 2.33. The molecule has 14 heavy (non-hydrogen) atoms. The molecule has 1 saturated carbocycles. The Morgan fingerprint density at radius 2 is 2.14 bits per heavy atom. The molecule has 1 aromatic carbocycles. The lowest BCUT2D eigenvalue weighted by Crippen LogP contribution is -2.11. The van der Waals surface area contributed by atoms with Gasteiger partial charge in [-0.3, -0.25) is 0 Å². The van der Waals surface area contributed by atoms with Crippen LogP contribution in [-0.4, -0.2) is 5.11 Å². The van der Waals surface area contributed by atoms with Gasteiger partial charge in [-0.1, -0.05) is 18.9 Å². The normalized spacial score (nSPS) is 18.1. The Balaban J connectivity index is 2.13. The van der Waals surface area contributed by atoms with Gasteiger partial charge in [0.05, 0.1) is 0 Å². The summed E-state index contributed by atoms with van der Waals surface area (Å²) >= 11 is 0. The van der Waals surface area contributed by atoms with E-state index in [9.17, 15) is 5.11 Å². The molecule has 1 fully saturated rings. The van der Waals surface area contributed by atoms with Crippen molar-refractivity contribution in [1.29, 1.82) is 0 Å². The molecule has 76 valence electrons. The molecule has 5 N–H and O–H groups in total. The highest BCUT2D eigenvalue weighted by Crippen LogP contribution is 2.38. The quantitative estimate of drug-likeness (QED) is 0.639. The minimum atomic E-state index is -0.0527. The maximum Gasteiger partial charge on any atom is 0.122 e. The van der Waals surface area contributed by atoms with Gasteiger partial charge >= 0.3 is 0 Å². The van der Waals surface area contributed by atoms with Crippen molar-refractivity contribution < 1.29 is 5.11 Å². The van der Waals surface area contributed by atoms with Crippen molar-refractivity contribution in [3.05, 3.63) is 23.8 Å². The number of benzene rings is 1. The number of aromatic hydroxyl groups is 1. The predicted octanol–water partition coefficient (Wildman–Crippen LogP) is 1.77. The molecule has 0 unspecified atom stereocenters. The molecule has 0 aliphatic heterocycles. The third-order valence-electron chi connectivity index (χ3n) is 2.74. The Morgan fingerprint density at radius 3 is 2.71 bits per heavy atom. The van der Waals surface area contributed by atoms with Crippen LogP contribution in [0.3, 0.4) is 0 Å². The molecule has 3 heteroatoms. The first kappa shape index (κ1) is 9.34. The van der Waals surface area contributed by atoms with Crippen LogP contribution in [0.1, 0.15) is 30.9 Å². The number of phenolic OH excluding ortho intramolecular Hbond substituents is 1. The molecule has 1 aliphatic rings. The maximum absolute atomic E-state index is 9.64. The first-order valence-electron chi connectivity index (χ1n) is 5.01. The van der Waals surface area contributed by atoms with Crippen LogP contribution in [0, 0.1) is 5.92 Å². The smallest absolute Gasteiger partial charge is 0.122 e. The lowest BCUT2D eigenvalue weighted by Gasteiger charge is -2.13. The SMILES string of the molecule is Nc1ccc([C@H](N)CC2CC2)c(O)c1. The summed E-state index contributed by atoms with van der Waals surface area (Å²) in [7, 11) is 0. The fraction of sp³-hybridized carbons (Fsp3) is 0.455. The fourth-order valence-corrected chi connectivity index (χ4v) is 1.71. The number of phenols is 1. The van der Waals surface area contributed by atoms with Crippen molar-refractivity contribution >= 4 is 5.69 Å². The number of hydrogen-bond donors (Lipinski definition) is 3. The van der Waals surface area contributed by atoms with E-state index in [2.05, 4.69) is 0 Å². The van der Waals surface area contributed by atoms with Crippen molar-refractivity contribution in [3.63, 3.8) is 0 Å². The summed E-state index contributed by atoms with van der Waals surface area (Å²) in [6.45, 7) is 0. The molecule has 0 amide bonds. The van der Waals surface area contributed by atoms with Crippen LogP contribution in [0.25, 0.3) is 0 Å². The Bertz CT molecular complexity index is 334. The standard InChI is InChI=1S/C11H16N2O/c12-8-3-4-9(11(14)6-8)10(13)5-7-1-2-7/h3-4,6-7,10,14H,1-2,5,12-13H2/t10-/m1/s1. The summed E-state index contributed by atoms with van der Waals surface area (Å²) in [6, 6.07) is 5.10. The van der Waals surface area contributed by atoms with E-state index in [0.29, 0.717) is 5.69 Å². The predicted molar refractivity (Wildman–Crippen MR) is 56.8 cm³/mol. The zero-order chi connectivity index (χ0) is 10.1. The highest BCUT2D eigenvalue weighted by atomic mass is 16.3. The van der Waals surface area contributed by atoms with Crippen LogP contribution >= 0.6 is 0 Å². The van der Waals surface area contributed by atoms with E-state index in [1.54, 1.807) is 12.1 Å². The monoisotopic (exact) mass is 192 g/mol. The summed E-state index contributed by atoms with van der Waals surface area (Å²) in [5, 5.41) is 9.64. The van der Waals surface area contributed by atoms with Gasteiger partial charge in [-0.15, -0.1) is 0 Å². The minimum Gasteiger partial charge on any atom is -0.508 e. The number of nitrogen functional groups attached to an aromatic ring is 1. The first-order chi connectivity index (χ1) is 6.66. The van der Waals surface area contributed by atoms with E-state index >= 15 is 0 Å². The van der Waals surface area contributed by atoms with Crippen molar-refractivity contribution in [2.45, 2.75) is 25.3 Å². The van der Waals surface area contributed by atoms with E-state index < -0.39 is 0 Å². The number of anilines is 1. The first-order valence-corrected chi connectivity index (χ1v) is 5.01. The summed E-state index contributed by atoms with van der Waals surface area (Å²) in [6.07, 6.45) is 3.53. The van der Waals surface area contributed by atoms with E-state index in [1.165, 1.54) is 12.8 Å². The van der Waals surface area contributed by atoms with Crippen LogP contribution < -0.4 is 11.5 Å². The second-order valence-corrected chi connectivity index (χ2v) is 4.10. The van der Waals surface area contributed by atoms with Gasteiger partial charge in [0.15, 0.2) is 0 Å². The molecule has 0 aromatic heterocycles. The summed E-state index contributed by atoms with van der Waals surface area (Å²) < 4.78 is 0. The lowest BCUT2D eigenvalue weighted by molar-refractivity contribution is 0.456. The molecule has 1 atom stereocenters. The Hall–Kier alpha value is -1.22. The zero-order valence-electron chi connectivity index (χ0n) is 8.11. The van der Waals surface area contributed by atoms with Gasteiger partial charge in [0.25, 0.3) is 0 Å². The van der Waals surface area contributed by atoms with E-state index in [0.717, 1.165) is 17.9 Å². The minimum absolute atomic E-state index is 0.0527. The third-order valence-corrected chi connectivity index (χ3v) is 2.74. The summed E-state index contributed by atoms with van der Waals surface area (Å²) in [5.41, 5.74) is 12.9. The zero-order valence-corrected chi connectivity index (χ0v) is 8.11. The van der Waals surface area contributed by atoms with Gasteiger partial charge in [0.1, 0.15) is 5.75 Å². The Morgan fingerprint density at radius 1 is 1.43 bits per heavy atom. The van der Waals surface area contributed by atoms with E-state index in [4.69, 9.17) is 11.5 Å². The molecule has 0 radical (unpaired) electrons. The second kappa shape index (κ2) is 3.50. The molecule has 1 aromatic rings. The Labute approximate surface area is 83.7 Å². The van der Waals surface area contributed by atoms with Gasteiger partial charge in [-0.2, -0.15) is 0 Å². The molecular formula is C11H16N2O. The average Bonchev–Trinajstić information content (AvgIpc) is 2.87.